The number of hydrogen-bond donors (Lipinski definition) is 3. The maximum atomic E-state index is 12.2. The van der Waals surface area contributed by atoms with E-state index in [1.807, 2.05) is 0 Å². The predicted octanol–water partition coefficient (Wildman–Crippen LogP) is 1.30. The molecule has 32 heavy (non-hydrogen) atoms. The maximum absolute atomic E-state index is 12.2. The number of rotatable bonds is 11. The monoisotopic (exact) mass is 482 g/mol. The van der Waals surface area contributed by atoms with Crippen molar-refractivity contribution in [3.63, 3.8) is 0 Å². The molecule has 0 fully saturated rings. The van der Waals surface area contributed by atoms with Crippen LogP contribution in [0.3, 0.4) is 0 Å². The van der Waals surface area contributed by atoms with Gasteiger partial charge in [0.05, 0.1) is 14.7 Å². The van der Waals surface area contributed by atoms with Crippen molar-refractivity contribution >= 4 is 37.1 Å². The summed E-state index contributed by atoms with van der Waals surface area (Å²) in [6.07, 6.45) is 2.36. The van der Waals surface area contributed by atoms with Gasteiger partial charge in [-0.15, -0.1) is 6.58 Å². The van der Waals surface area contributed by atoms with Gasteiger partial charge in [-0.2, -0.15) is 0 Å². The summed E-state index contributed by atoms with van der Waals surface area (Å²) in [6.45, 7) is 3.74. The average Bonchev–Trinajstić information content (AvgIpc) is 2.74. The fourth-order valence-corrected chi connectivity index (χ4v) is 4.19. The third-order valence-corrected chi connectivity index (χ3v) is 6.71. The number of nitro benzene ring substituents is 1. The van der Waals surface area contributed by atoms with Crippen molar-refractivity contribution in [2.75, 3.05) is 31.2 Å². The number of nitrogens with one attached hydrogen (secondary N) is 3. The summed E-state index contributed by atoms with van der Waals surface area (Å²) in [7, 11) is -7.29. The molecular formula is C19H22N4O7S2. The summed E-state index contributed by atoms with van der Waals surface area (Å²) >= 11 is 0. The molecular weight excluding hydrogens is 460 g/mol. The summed E-state index contributed by atoms with van der Waals surface area (Å²) < 4.78 is 49.5. The molecule has 0 saturated carbocycles. The van der Waals surface area contributed by atoms with Gasteiger partial charge in [0.15, 0.2) is 9.84 Å². The Labute approximate surface area is 185 Å². The minimum absolute atomic E-state index is 0.00224. The van der Waals surface area contributed by atoms with Crippen molar-refractivity contribution in [1.29, 1.82) is 0 Å². The standard InChI is InChI=1S/C19H22N4O7S2/c1-3-10-22-32(29,30)15-6-4-14(5-7-15)19(24)21-12-11-20-17-9-8-16(31(2,27)28)13-18(17)23(25)26/h3-9,13,20,22H,1,10-12H2,2H3,(H,21,24). The molecule has 0 aromatic heterocycles. The zero-order chi connectivity index (χ0) is 23.9. The Morgan fingerprint density at radius 3 is 2.25 bits per heavy atom. The second kappa shape index (κ2) is 10.3. The third kappa shape index (κ3) is 6.60. The lowest BCUT2D eigenvalue weighted by Gasteiger charge is -2.10. The summed E-state index contributed by atoms with van der Waals surface area (Å²) in [5.74, 6) is -0.461. The minimum atomic E-state index is -3.70. The fraction of sp³-hybridized carbons (Fsp3) is 0.211. The van der Waals surface area contributed by atoms with Crippen molar-refractivity contribution in [2.45, 2.75) is 9.79 Å². The number of hydrogen-bond acceptors (Lipinski definition) is 8. The highest BCUT2D eigenvalue weighted by Crippen LogP contribution is 2.27. The minimum Gasteiger partial charge on any atom is -0.378 e. The first-order valence-electron chi connectivity index (χ1n) is 9.17. The van der Waals surface area contributed by atoms with E-state index in [9.17, 15) is 31.7 Å². The number of amides is 1. The summed E-state index contributed by atoms with van der Waals surface area (Å²) in [5, 5.41) is 16.6. The Morgan fingerprint density at radius 1 is 1.06 bits per heavy atom. The van der Waals surface area contributed by atoms with Gasteiger partial charge in [0.25, 0.3) is 11.6 Å². The van der Waals surface area contributed by atoms with E-state index in [0.717, 1.165) is 12.3 Å². The van der Waals surface area contributed by atoms with Crippen molar-refractivity contribution in [1.82, 2.24) is 10.0 Å². The van der Waals surface area contributed by atoms with E-state index in [0.29, 0.717) is 0 Å². The molecule has 0 aliphatic carbocycles. The number of carbonyl (C=O) groups is 1. The molecule has 13 heteroatoms. The van der Waals surface area contributed by atoms with E-state index in [1.54, 1.807) is 0 Å². The van der Waals surface area contributed by atoms with Crippen LogP contribution in [0.4, 0.5) is 11.4 Å². The Balaban J connectivity index is 1.96. The molecule has 2 rings (SSSR count). The maximum Gasteiger partial charge on any atom is 0.293 e. The molecule has 0 aliphatic heterocycles. The number of sulfonamides is 1. The van der Waals surface area contributed by atoms with Gasteiger partial charge in [-0.05, 0) is 36.4 Å². The molecule has 2 aromatic carbocycles. The van der Waals surface area contributed by atoms with Crippen LogP contribution in [0.5, 0.6) is 0 Å². The molecule has 0 radical (unpaired) electrons. The smallest absolute Gasteiger partial charge is 0.293 e. The normalized spacial score (nSPS) is 11.5. The number of anilines is 1. The molecule has 0 atom stereocenters. The lowest BCUT2D eigenvalue weighted by molar-refractivity contribution is -0.384. The van der Waals surface area contributed by atoms with E-state index in [4.69, 9.17) is 0 Å². The molecule has 3 N–H and O–H groups in total. The number of benzene rings is 2. The Hall–Kier alpha value is -3.29. The highest BCUT2D eigenvalue weighted by atomic mass is 32.2. The fourth-order valence-electron chi connectivity index (χ4n) is 2.56. The van der Waals surface area contributed by atoms with Crippen LogP contribution in [-0.4, -0.2) is 53.6 Å². The quantitative estimate of drug-likeness (QED) is 0.187. The van der Waals surface area contributed by atoms with Gasteiger partial charge >= 0.3 is 0 Å². The van der Waals surface area contributed by atoms with Crippen LogP contribution in [0.15, 0.2) is 64.9 Å². The number of carbonyl (C=O) groups excluding carboxylic acids is 1. The Bertz CT molecular complexity index is 1220. The van der Waals surface area contributed by atoms with E-state index >= 15 is 0 Å². The molecule has 172 valence electrons. The summed E-state index contributed by atoms with van der Waals surface area (Å²) in [4.78, 5) is 22.6. The molecule has 0 spiro atoms. The largest absolute Gasteiger partial charge is 0.378 e. The van der Waals surface area contributed by atoms with Gasteiger partial charge in [0.1, 0.15) is 5.69 Å². The highest BCUT2D eigenvalue weighted by molar-refractivity contribution is 7.90. The number of sulfone groups is 1. The van der Waals surface area contributed by atoms with Gasteiger partial charge in [-0.25, -0.2) is 21.6 Å². The molecule has 0 bridgehead atoms. The third-order valence-electron chi connectivity index (χ3n) is 4.16. The molecule has 2 aromatic rings. The summed E-state index contributed by atoms with van der Waals surface area (Å²) in [5.41, 5.74) is -0.0597. The van der Waals surface area contributed by atoms with Crippen LogP contribution in [0.1, 0.15) is 10.4 Å². The van der Waals surface area contributed by atoms with Crippen LogP contribution in [0, 0.1) is 10.1 Å². The van der Waals surface area contributed by atoms with E-state index in [2.05, 4.69) is 21.9 Å². The van der Waals surface area contributed by atoms with Crippen molar-refractivity contribution < 1.29 is 26.6 Å². The van der Waals surface area contributed by atoms with Crippen LogP contribution in [0.2, 0.25) is 0 Å². The van der Waals surface area contributed by atoms with Crippen LogP contribution < -0.4 is 15.4 Å². The van der Waals surface area contributed by atoms with Crippen molar-refractivity contribution in [3.05, 3.63) is 70.8 Å². The van der Waals surface area contributed by atoms with Gasteiger partial charge < -0.3 is 10.6 Å². The van der Waals surface area contributed by atoms with Gasteiger partial charge in [0.2, 0.25) is 10.0 Å². The first kappa shape index (κ1) is 25.0. The van der Waals surface area contributed by atoms with E-state index in [1.165, 1.54) is 42.5 Å². The number of nitro groups is 1. The molecule has 0 aliphatic rings. The topological polar surface area (TPSA) is 165 Å². The Kier molecular flexibility index (Phi) is 8.08. The zero-order valence-electron chi connectivity index (χ0n) is 17.1. The zero-order valence-corrected chi connectivity index (χ0v) is 18.7. The molecule has 11 nitrogen and oxygen atoms in total. The summed E-state index contributed by atoms with van der Waals surface area (Å²) in [6, 6.07) is 8.82. The first-order chi connectivity index (χ1) is 15.0. The SMILES string of the molecule is C=CCNS(=O)(=O)c1ccc(C(=O)NCCNc2ccc(S(C)(=O)=O)cc2[N+](=O)[O-])cc1. The molecule has 0 unspecified atom stereocenters. The number of nitrogens with zero attached hydrogens (tertiary/aromatic N) is 1. The average molecular weight is 483 g/mol. The van der Waals surface area contributed by atoms with E-state index < -0.39 is 36.4 Å². The van der Waals surface area contributed by atoms with E-state index in [-0.39, 0.29) is 40.7 Å². The first-order valence-corrected chi connectivity index (χ1v) is 12.5. The van der Waals surface area contributed by atoms with Crippen molar-refractivity contribution in [2.24, 2.45) is 0 Å². The predicted molar refractivity (Wildman–Crippen MR) is 119 cm³/mol. The molecule has 0 saturated heterocycles. The molecule has 0 heterocycles. The van der Waals surface area contributed by atoms with Crippen molar-refractivity contribution in [3.8, 4) is 0 Å². The van der Waals surface area contributed by atoms with Gasteiger partial charge in [-0.3, -0.25) is 14.9 Å². The second-order valence-electron chi connectivity index (χ2n) is 6.56. The lowest BCUT2D eigenvalue weighted by Crippen LogP contribution is -2.29. The highest BCUT2D eigenvalue weighted by Gasteiger charge is 2.18. The van der Waals surface area contributed by atoms with Crippen LogP contribution >= 0.6 is 0 Å². The van der Waals surface area contributed by atoms with Gasteiger partial charge in [-0.1, -0.05) is 6.08 Å². The Morgan fingerprint density at radius 2 is 1.69 bits per heavy atom. The second-order valence-corrected chi connectivity index (χ2v) is 10.3. The van der Waals surface area contributed by atoms with Gasteiger partial charge in [0, 0.05) is 37.5 Å². The molecule has 1 amide bonds. The van der Waals surface area contributed by atoms with Crippen LogP contribution in [0.25, 0.3) is 0 Å². The van der Waals surface area contributed by atoms with Crippen LogP contribution in [-0.2, 0) is 19.9 Å². The lowest BCUT2D eigenvalue weighted by atomic mass is 10.2.